The van der Waals surface area contributed by atoms with Crippen LogP contribution in [-0.4, -0.2) is 20.7 Å². The fourth-order valence-corrected chi connectivity index (χ4v) is 1.30. The van der Waals surface area contributed by atoms with Crippen LogP contribution in [0, 0.1) is 0 Å². The number of nitrogens with one attached hydrogen (secondary N) is 1. The lowest BCUT2D eigenvalue weighted by atomic mass is 10.3. The predicted octanol–water partition coefficient (Wildman–Crippen LogP) is 1.78. The molecule has 2 aromatic rings. The normalized spacial score (nSPS) is 10.6. The van der Waals surface area contributed by atoms with Crippen LogP contribution in [0.4, 0.5) is 5.69 Å². The van der Waals surface area contributed by atoms with Gasteiger partial charge in [-0.1, -0.05) is 24.3 Å². The minimum Gasteiger partial charge on any atom is -0.326 e. The van der Waals surface area contributed by atoms with Crippen LogP contribution >= 0.6 is 0 Å². The van der Waals surface area contributed by atoms with Crippen molar-refractivity contribution in [2.45, 2.75) is 6.42 Å². The fraction of sp³-hybridized carbons (Fsp3) is 0.0833. The van der Waals surface area contributed by atoms with Gasteiger partial charge in [-0.05, 0) is 12.1 Å². The van der Waals surface area contributed by atoms with Gasteiger partial charge in [0.15, 0.2) is 0 Å². The molecule has 0 aliphatic carbocycles. The van der Waals surface area contributed by atoms with E-state index in [2.05, 4.69) is 15.4 Å². The average molecular weight is 228 g/mol. The van der Waals surface area contributed by atoms with Crippen LogP contribution in [0.1, 0.15) is 6.42 Å². The zero-order valence-electron chi connectivity index (χ0n) is 9.15. The van der Waals surface area contributed by atoms with Gasteiger partial charge in [-0.15, -0.1) is 0 Å². The molecule has 0 fully saturated rings. The SMILES string of the molecule is O=C(CC=Cn1cncn1)Nc1ccccc1. The third-order valence-corrected chi connectivity index (χ3v) is 2.06. The number of carbonyl (C=O) groups excluding carboxylic acids is 1. The molecule has 1 heterocycles. The molecule has 5 heteroatoms. The highest BCUT2D eigenvalue weighted by atomic mass is 16.1. The largest absolute Gasteiger partial charge is 0.326 e. The van der Waals surface area contributed by atoms with Gasteiger partial charge < -0.3 is 5.32 Å². The standard InChI is InChI=1S/C12H12N4O/c17-12(15-11-5-2-1-3-6-11)7-4-8-16-10-13-9-14-16/h1-6,8-10H,7H2,(H,15,17). The molecule has 0 saturated carbocycles. The van der Waals surface area contributed by atoms with Crippen LogP contribution in [0.3, 0.4) is 0 Å². The third-order valence-electron chi connectivity index (χ3n) is 2.06. The number of para-hydroxylation sites is 1. The molecular formula is C12H12N4O. The van der Waals surface area contributed by atoms with E-state index in [-0.39, 0.29) is 5.91 Å². The first-order chi connectivity index (χ1) is 8.34. The van der Waals surface area contributed by atoms with Gasteiger partial charge in [0.05, 0.1) is 0 Å². The predicted molar refractivity (Wildman–Crippen MR) is 65.0 cm³/mol. The first-order valence-corrected chi connectivity index (χ1v) is 5.20. The summed E-state index contributed by atoms with van der Waals surface area (Å²) in [6, 6.07) is 9.35. The Morgan fingerprint density at radius 2 is 2.18 bits per heavy atom. The number of benzene rings is 1. The summed E-state index contributed by atoms with van der Waals surface area (Å²) in [5.74, 6) is -0.0624. The van der Waals surface area contributed by atoms with Crippen LogP contribution in [0.15, 0.2) is 49.1 Å². The molecule has 86 valence electrons. The second kappa shape index (κ2) is 5.60. The zero-order chi connectivity index (χ0) is 11.9. The van der Waals surface area contributed by atoms with E-state index in [4.69, 9.17) is 0 Å². The molecule has 1 N–H and O–H groups in total. The quantitative estimate of drug-likeness (QED) is 0.867. The number of carbonyl (C=O) groups is 1. The summed E-state index contributed by atoms with van der Waals surface area (Å²) >= 11 is 0. The number of nitrogens with zero attached hydrogens (tertiary/aromatic N) is 3. The minimum atomic E-state index is -0.0624. The molecule has 0 unspecified atom stereocenters. The van der Waals surface area contributed by atoms with E-state index < -0.39 is 0 Å². The summed E-state index contributed by atoms with van der Waals surface area (Å²) in [4.78, 5) is 15.3. The number of aromatic nitrogens is 3. The molecule has 0 spiro atoms. The highest BCUT2D eigenvalue weighted by molar-refractivity contribution is 5.91. The molecule has 1 amide bonds. The maximum absolute atomic E-state index is 11.5. The smallest absolute Gasteiger partial charge is 0.228 e. The number of rotatable bonds is 4. The number of amides is 1. The van der Waals surface area contributed by atoms with Gasteiger partial charge in [-0.2, -0.15) is 5.10 Å². The fourth-order valence-electron chi connectivity index (χ4n) is 1.30. The van der Waals surface area contributed by atoms with Crippen molar-refractivity contribution in [2.75, 3.05) is 5.32 Å². The summed E-state index contributed by atoms with van der Waals surface area (Å²) in [5.41, 5.74) is 0.798. The Hall–Kier alpha value is -2.43. The Labute approximate surface area is 98.8 Å². The lowest BCUT2D eigenvalue weighted by molar-refractivity contribution is -0.115. The number of hydrogen-bond donors (Lipinski definition) is 1. The van der Waals surface area contributed by atoms with E-state index in [1.807, 2.05) is 30.3 Å². The van der Waals surface area contributed by atoms with Crippen LogP contribution < -0.4 is 5.32 Å². The van der Waals surface area contributed by atoms with E-state index in [9.17, 15) is 4.79 Å². The number of anilines is 1. The van der Waals surface area contributed by atoms with Crippen LogP contribution in [0.2, 0.25) is 0 Å². The highest BCUT2D eigenvalue weighted by Gasteiger charge is 1.98. The summed E-state index contributed by atoms with van der Waals surface area (Å²) in [6.45, 7) is 0. The molecule has 0 saturated heterocycles. The Morgan fingerprint density at radius 1 is 1.35 bits per heavy atom. The second-order valence-electron chi connectivity index (χ2n) is 3.38. The van der Waals surface area contributed by atoms with Crippen molar-refractivity contribution < 1.29 is 4.79 Å². The molecule has 0 atom stereocenters. The first kappa shape index (κ1) is 11.1. The topological polar surface area (TPSA) is 59.8 Å². The molecule has 0 radical (unpaired) electrons. The number of hydrogen-bond acceptors (Lipinski definition) is 3. The van der Waals surface area contributed by atoms with Crippen molar-refractivity contribution in [3.8, 4) is 0 Å². The summed E-state index contributed by atoms with van der Waals surface area (Å²) in [7, 11) is 0. The molecule has 0 bridgehead atoms. The van der Waals surface area contributed by atoms with Crippen molar-refractivity contribution in [3.63, 3.8) is 0 Å². The lowest BCUT2D eigenvalue weighted by Crippen LogP contribution is -2.09. The first-order valence-electron chi connectivity index (χ1n) is 5.20. The van der Waals surface area contributed by atoms with Crippen LogP contribution in [0.25, 0.3) is 6.20 Å². The van der Waals surface area contributed by atoms with E-state index in [0.717, 1.165) is 5.69 Å². The van der Waals surface area contributed by atoms with E-state index in [0.29, 0.717) is 6.42 Å². The molecule has 1 aromatic carbocycles. The molecule has 0 aliphatic rings. The highest BCUT2D eigenvalue weighted by Crippen LogP contribution is 2.05. The monoisotopic (exact) mass is 228 g/mol. The summed E-state index contributed by atoms with van der Waals surface area (Å²) < 4.78 is 1.54. The maximum atomic E-state index is 11.5. The summed E-state index contributed by atoms with van der Waals surface area (Å²) in [6.07, 6.45) is 6.72. The second-order valence-corrected chi connectivity index (χ2v) is 3.38. The Balaban J connectivity index is 1.82. The van der Waals surface area contributed by atoms with Gasteiger partial charge in [0.2, 0.25) is 5.91 Å². The molecule has 1 aromatic heterocycles. The van der Waals surface area contributed by atoms with Gasteiger partial charge in [-0.3, -0.25) is 4.79 Å². The summed E-state index contributed by atoms with van der Waals surface area (Å²) in [5, 5.41) is 6.67. The Morgan fingerprint density at radius 3 is 2.88 bits per heavy atom. The van der Waals surface area contributed by atoms with Crippen molar-refractivity contribution >= 4 is 17.8 Å². The van der Waals surface area contributed by atoms with Gasteiger partial charge >= 0.3 is 0 Å². The van der Waals surface area contributed by atoms with Crippen molar-refractivity contribution in [1.82, 2.24) is 14.8 Å². The Kier molecular flexibility index (Phi) is 3.64. The van der Waals surface area contributed by atoms with Gasteiger partial charge in [0.1, 0.15) is 12.7 Å². The molecule has 17 heavy (non-hydrogen) atoms. The van der Waals surface area contributed by atoms with Crippen LogP contribution in [-0.2, 0) is 4.79 Å². The molecule has 5 nitrogen and oxygen atoms in total. The van der Waals surface area contributed by atoms with E-state index in [1.165, 1.54) is 11.0 Å². The lowest BCUT2D eigenvalue weighted by Gasteiger charge is -2.01. The molecule has 2 rings (SSSR count). The third kappa shape index (κ3) is 3.57. The van der Waals surface area contributed by atoms with E-state index in [1.54, 1.807) is 18.6 Å². The van der Waals surface area contributed by atoms with Gasteiger partial charge in [0, 0.05) is 18.3 Å². The van der Waals surface area contributed by atoms with Gasteiger partial charge in [-0.25, -0.2) is 9.67 Å². The van der Waals surface area contributed by atoms with Crippen molar-refractivity contribution in [3.05, 3.63) is 49.1 Å². The van der Waals surface area contributed by atoms with Crippen molar-refractivity contribution in [2.24, 2.45) is 0 Å². The van der Waals surface area contributed by atoms with E-state index >= 15 is 0 Å². The Bertz CT molecular complexity index is 490. The van der Waals surface area contributed by atoms with Crippen LogP contribution in [0.5, 0.6) is 0 Å². The average Bonchev–Trinajstić information content (AvgIpc) is 2.83. The van der Waals surface area contributed by atoms with Gasteiger partial charge in [0.25, 0.3) is 0 Å². The molecule has 0 aliphatic heterocycles. The molecular weight excluding hydrogens is 216 g/mol. The maximum Gasteiger partial charge on any atom is 0.228 e. The zero-order valence-corrected chi connectivity index (χ0v) is 9.15. The minimum absolute atomic E-state index is 0.0624. The van der Waals surface area contributed by atoms with Crippen molar-refractivity contribution in [1.29, 1.82) is 0 Å².